The van der Waals surface area contributed by atoms with Gasteiger partial charge in [-0.2, -0.15) is 0 Å². The Kier molecular flexibility index (Phi) is 2.98. The summed E-state index contributed by atoms with van der Waals surface area (Å²) in [5.74, 6) is 0. The number of halogens is 1. The third-order valence-corrected chi connectivity index (χ3v) is 4.00. The number of fused-ring (bicyclic) bond motifs is 1. The van der Waals surface area contributed by atoms with Crippen molar-refractivity contribution in [3.63, 3.8) is 0 Å². The van der Waals surface area contributed by atoms with Crippen LogP contribution < -0.4 is 0 Å². The van der Waals surface area contributed by atoms with E-state index in [4.69, 9.17) is 0 Å². The quantitative estimate of drug-likeness (QED) is 0.733. The normalized spacial score (nSPS) is 22.1. The Balaban J connectivity index is 1.92. The number of hydrogen-bond acceptors (Lipinski definition) is 0. The fourth-order valence-corrected chi connectivity index (χ4v) is 2.87. The number of hydrogen-bond donors (Lipinski definition) is 0. The van der Waals surface area contributed by atoms with Gasteiger partial charge in [-0.3, -0.25) is 0 Å². The maximum Gasteiger partial charge on any atom is 0.140 e. The molecule has 0 unspecified atom stereocenters. The second-order valence-corrected chi connectivity index (χ2v) is 5.26. The first-order valence-corrected chi connectivity index (χ1v) is 6.69. The molecule has 2 aromatic rings. The number of rotatable bonds is 2. The highest BCUT2D eigenvalue weighted by molar-refractivity contribution is 5.74. The summed E-state index contributed by atoms with van der Waals surface area (Å²) in [6.07, 6.45) is 1.73. The van der Waals surface area contributed by atoms with Gasteiger partial charge in [-0.05, 0) is 35.1 Å². The molecule has 0 saturated heterocycles. The van der Waals surface area contributed by atoms with Crippen LogP contribution in [0.15, 0.2) is 61.2 Å². The number of aryl methyl sites for hydroxylation is 1. The average Bonchev–Trinajstić information content (AvgIpc) is 2.45. The lowest BCUT2D eigenvalue weighted by Gasteiger charge is -2.33. The molecular weight excluding hydrogens is 235 g/mol. The molecule has 0 N–H and O–H groups in total. The molecule has 0 heterocycles. The van der Waals surface area contributed by atoms with Crippen molar-refractivity contribution in [1.82, 2.24) is 0 Å². The van der Waals surface area contributed by atoms with Crippen molar-refractivity contribution in [3.05, 3.63) is 77.9 Å². The molecule has 0 bridgehead atoms. The summed E-state index contributed by atoms with van der Waals surface area (Å²) in [5, 5.41) is 0. The Hall–Kier alpha value is -1.89. The van der Waals surface area contributed by atoms with E-state index in [0.29, 0.717) is 18.4 Å². The number of allylic oxidation sites excluding steroid dienone is 1. The van der Waals surface area contributed by atoms with Crippen LogP contribution in [0.4, 0.5) is 4.39 Å². The molecule has 1 aliphatic rings. The topological polar surface area (TPSA) is 0 Å². The molecule has 0 amide bonds. The van der Waals surface area contributed by atoms with Gasteiger partial charge in [-0.15, -0.1) is 0 Å². The van der Waals surface area contributed by atoms with Gasteiger partial charge in [0.2, 0.25) is 0 Å². The first-order valence-electron chi connectivity index (χ1n) is 6.69. The van der Waals surface area contributed by atoms with E-state index in [2.05, 4.69) is 12.6 Å². The molecule has 0 fully saturated rings. The smallest absolute Gasteiger partial charge is 0.140 e. The Morgan fingerprint density at radius 2 is 1.68 bits per heavy atom. The highest BCUT2D eigenvalue weighted by atomic mass is 19.1. The zero-order chi connectivity index (χ0) is 13.3. The molecule has 1 heteroatoms. The second kappa shape index (κ2) is 4.65. The minimum absolute atomic E-state index is 0.418. The number of alkyl halides is 1. The van der Waals surface area contributed by atoms with Crippen molar-refractivity contribution in [3.8, 4) is 0 Å². The van der Waals surface area contributed by atoms with Crippen LogP contribution in [0.1, 0.15) is 23.1 Å². The lowest BCUT2D eigenvalue weighted by molar-refractivity contribution is 0.221. The fraction of sp³-hybridized carbons (Fsp3) is 0.222. The van der Waals surface area contributed by atoms with Crippen LogP contribution in [0.5, 0.6) is 0 Å². The summed E-state index contributed by atoms with van der Waals surface area (Å²) < 4.78 is 15.2. The molecule has 3 rings (SSSR count). The Morgan fingerprint density at radius 1 is 1.00 bits per heavy atom. The van der Waals surface area contributed by atoms with E-state index in [9.17, 15) is 0 Å². The van der Waals surface area contributed by atoms with E-state index >= 15 is 4.39 Å². The zero-order valence-electron chi connectivity index (χ0n) is 10.9. The molecule has 0 nitrogen and oxygen atoms in total. The van der Waals surface area contributed by atoms with E-state index in [-0.39, 0.29) is 0 Å². The molecule has 96 valence electrons. The largest absolute Gasteiger partial charge is 0.238 e. The molecule has 0 saturated carbocycles. The molecule has 0 aliphatic heterocycles. The summed E-state index contributed by atoms with van der Waals surface area (Å²) in [4.78, 5) is 0. The van der Waals surface area contributed by atoms with Gasteiger partial charge in [-0.1, -0.05) is 61.2 Å². The van der Waals surface area contributed by atoms with E-state index in [1.165, 1.54) is 5.56 Å². The molecule has 1 aliphatic carbocycles. The highest BCUT2D eigenvalue weighted by Crippen LogP contribution is 2.42. The van der Waals surface area contributed by atoms with Gasteiger partial charge in [0.1, 0.15) is 5.67 Å². The standard InChI is InChI=1S/C18H17F/c1-14-17-10-6-5-9-16(17)11-12-18(14,19)13-15-7-3-2-4-8-15/h2-10H,1,11-13H2/t18-/m0/s1. The predicted molar refractivity (Wildman–Crippen MR) is 77.8 cm³/mol. The van der Waals surface area contributed by atoms with Crippen molar-refractivity contribution in [2.24, 2.45) is 0 Å². The van der Waals surface area contributed by atoms with Crippen LogP contribution in [-0.2, 0) is 12.8 Å². The summed E-state index contributed by atoms with van der Waals surface area (Å²) in [7, 11) is 0. The molecule has 0 radical (unpaired) electrons. The Bertz CT molecular complexity index is 600. The van der Waals surface area contributed by atoms with Gasteiger partial charge >= 0.3 is 0 Å². The lowest BCUT2D eigenvalue weighted by atomic mass is 9.75. The molecule has 1 atom stereocenters. The van der Waals surface area contributed by atoms with Gasteiger partial charge in [0, 0.05) is 6.42 Å². The van der Waals surface area contributed by atoms with Gasteiger partial charge in [0.25, 0.3) is 0 Å². The van der Waals surface area contributed by atoms with Crippen LogP contribution in [0.2, 0.25) is 0 Å². The minimum atomic E-state index is -1.31. The molecule has 2 aromatic carbocycles. The summed E-state index contributed by atoms with van der Waals surface area (Å²) in [6.45, 7) is 4.03. The maximum absolute atomic E-state index is 15.2. The fourth-order valence-electron chi connectivity index (χ4n) is 2.87. The third kappa shape index (κ3) is 2.21. The Morgan fingerprint density at radius 3 is 2.47 bits per heavy atom. The average molecular weight is 252 g/mol. The maximum atomic E-state index is 15.2. The Labute approximate surface area is 113 Å². The van der Waals surface area contributed by atoms with E-state index in [1.807, 2.05) is 48.5 Å². The van der Waals surface area contributed by atoms with Crippen molar-refractivity contribution in [2.75, 3.05) is 0 Å². The molecule has 0 aromatic heterocycles. The lowest BCUT2D eigenvalue weighted by Crippen LogP contribution is -2.32. The van der Waals surface area contributed by atoms with Crippen LogP contribution in [0.3, 0.4) is 0 Å². The first-order chi connectivity index (χ1) is 9.19. The zero-order valence-corrected chi connectivity index (χ0v) is 10.9. The predicted octanol–water partition coefficient (Wildman–Crippen LogP) is 4.60. The van der Waals surface area contributed by atoms with Gasteiger partial charge in [0.05, 0.1) is 0 Å². The number of benzene rings is 2. The second-order valence-electron chi connectivity index (χ2n) is 5.26. The SMILES string of the molecule is C=C1c2ccccc2CC[C@]1(F)Cc1ccccc1. The minimum Gasteiger partial charge on any atom is -0.238 e. The van der Waals surface area contributed by atoms with E-state index < -0.39 is 5.67 Å². The van der Waals surface area contributed by atoms with Crippen molar-refractivity contribution in [1.29, 1.82) is 0 Å². The van der Waals surface area contributed by atoms with Gasteiger partial charge in [-0.25, -0.2) is 4.39 Å². The summed E-state index contributed by atoms with van der Waals surface area (Å²) in [5.41, 5.74) is 2.57. The van der Waals surface area contributed by atoms with Crippen LogP contribution in [0.25, 0.3) is 5.57 Å². The van der Waals surface area contributed by atoms with Crippen LogP contribution >= 0.6 is 0 Å². The first kappa shape index (κ1) is 12.2. The van der Waals surface area contributed by atoms with Crippen molar-refractivity contribution >= 4 is 5.57 Å². The van der Waals surface area contributed by atoms with Gasteiger partial charge in [0.15, 0.2) is 0 Å². The highest BCUT2D eigenvalue weighted by Gasteiger charge is 2.37. The molecule has 19 heavy (non-hydrogen) atoms. The summed E-state index contributed by atoms with van der Waals surface area (Å²) in [6, 6.07) is 17.9. The third-order valence-electron chi connectivity index (χ3n) is 4.00. The molecular formula is C18H17F. The van der Waals surface area contributed by atoms with E-state index in [1.54, 1.807) is 0 Å². The van der Waals surface area contributed by atoms with E-state index in [0.717, 1.165) is 17.5 Å². The van der Waals surface area contributed by atoms with Crippen LogP contribution in [0, 0.1) is 0 Å². The van der Waals surface area contributed by atoms with Gasteiger partial charge < -0.3 is 0 Å². The monoisotopic (exact) mass is 252 g/mol. The van der Waals surface area contributed by atoms with Crippen LogP contribution in [-0.4, -0.2) is 5.67 Å². The van der Waals surface area contributed by atoms with Crippen molar-refractivity contribution < 1.29 is 4.39 Å². The van der Waals surface area contributed by atoms with Crippen molar-refractivity contribution in [2.45, 2.75) is 24.9 Å². The molecule has 0 spiro atoms. The summed E-state index contributed by atoms with van der Waals surface area (Å²) >= 11 is 0.